The number of aromatic amines is 1. The molecule has 1 aromatic carbocycles. The number of carbonyl (C=O) groups is 2. The topological polar surface area (TPSA) is 255 Å². The second-order valence-electron chi connectivity index (χ2n) is 13.7. The highest BCUT2D eigenvalue weighted by atomic mass is 32.7. The number of hydrogen-bond donors (Lipinski definition) is 4. The normalized spacial score (nSPS) is 31.7. The lowest BCUT2D eigenvalue weighted by Crippen LogP contribution is -2.37. The van der Waals surface area contributed by atoms with Crippen molar-refractivity contribution in [3.63, 3.8) is 0 Å². The number of thiol groups is 1. The number of benzene rings is 1. The van der Waals surface area contributed by atoms with E-state index in [2.05, 4.69) is 52.8 Å². The van der Waals surface area contributed by atoms with E-state index in [4.69, 9.17) is 27.6 Å². The lowest BCUT2D eigenvalue weighted by molar-refractivity contribution is -0.118. The zero-order chi connectivity index (χ0) is 41.1. The quantitative estimate of drug-likeness (QED) is 0.109. The molecule has 8 rings (SSSR count). The van der Waals surface area contributed by atoms with Crippen molar-refractivity contribution >= 4 is 80.0 Å². The van der Waals surface area contributed by atoms with Crippen LogP contribution in [0.1, 0.15) is 36.7 Å². The highest BCUT2D eigenvalue weighted by molar-refractivity contribution is 8.44. The van der Waals surface area contributed by atoms with E-state index in [-0.39, 0.29) is 34.1 Å². The molecule has 2 amide bonds. The van der Waals surface area contributed by atoms with E-state index in [0.29, 0.717) is 5.56 Å². The van der Waals surface area contributed by atoms with E-state index in [1.807, 2.05) is 0 Å². The van der Waals surface area contributed by atoms with Crippen molar-refractivity contribution in [1.29, 1.82) is 0 Å². The van der Waals surface area contributed by atoms with Gasteiger partial charge in [-0.1, -0.05) is 44.3 Å². The highest BCUT2D eigenvalue weighted by Crippen LogP contribution is 2.58. The third-order valence-electron chi connectivity index (χ3n) is 9.35. The summed E-state index contributed by atoms with van der Waals surface area (Å²) in [4.78, 5) is 61.1. The van der Waals surface area contributed by atoms with E-state index in [1.54, 1.807) is 44.2 Å². The average molecular weight is 864 g/mol. The number of fused-ring (bicyclic) bond motifs is 4. The molecule has 27 heteroatoms. The largest absolute Gasteiger partial charge is 0.386 e. The summed E-state index contributed by atoms with van der Waals surface area (Å²) >= 11 is 4.05. The number of amides is 2. The minimum atomic E-state index is -4.53. The molecule has 3 saturated heterocycles. The van der Waals surface area contributed by atoms with Crippen LogP contribution in [0.5, 0.6) is 0 Å². The fourth-order valence-electron chi connectivity index (χ4n) is 6.50. The molecule has 21 nitrogen and oxygen atoms in total. The molecule has 4 aromatic heterocycles. The molecule has 3 aliphatic heterocycles. The Balaban J connectivity index is 1.03. The molecule has 0 radical (unpaired) electrons. The molecule has 3 fully saturated rings. The number of aromatic nitrogens is 8. The number of anilines is 2. The van der Waals surface area contributed by atoms with Crippen LogP contribution in [-0.2, 0) is 41.5 Å². The highest BCUT2D eigenvalue weighted by Gasteiger charge is 2.54. The molecule has 0 aliphatic carbocycles. The maximum Gasteiger partial charge on any atom is 0.386 e. The summed E-state index contributed by atoms with van der Waals surface area (Å²) in [6.07, 6.45) is -10.3. The summed E-state index contributed by atoms with van der Waals surface area (Å²) in [7, 11) is -3.19. The van der Waals surface area contributed by atoms with E-state index >= 15 is 8.78 Å². The van der Waals surface area contributed by atoms with Gasteiger partial charge in [0.15, 0.2) is 52.9 Å². The van der Waals surface area contributed by atoms with Crippen LogP contribution in [0, 0.1) is 5.92 Å². The molecule has 3 N–H and O–H groups in total. The van der Waals surface area contributed by atoms with Crippen LogP contribution >= 0.6 is 26.5 Å². The van der Waals surface area contributed by atoms with Gasteiger partial charge in [0.1, 0.15) is 30.7 Å². The van der Waals surface area contributed by atoms with Gasteiger partial charge >= 0.3 is 6.80 Å². The maximum absolute atomic E-state index is 16.5. The van der Waals surface area contributed by atoms with Crippen LogP contribution in [0.3, 0.4) is 0 Å². The summed E-state index contributed by atoms with van der Waals surface area (Å²) in [5.74, 6) is -1.60. The Morgan fingerprint density at radius 1 is 0.897 bits per heavy atom. The van der Waals surface area contributed by atoms with Gasteiger partial charge < -0.3 is 23.8 Å². The number of H-pyrrole nitrogens is 1. The smallest absolute Gasteiger partial charge is 0.346 e. The van der Waals surface area contributed by atoms with Gasteiger partial charge in [0.2, 0.25) is 11.9 Å². The Kier molecular flexibility index (Phi) is 10.9. The minimum Gasteiger partial charge on any atom is -0.346 e. The monoisotopic (exact) mass is 864 g/mol. The average Bonchev–Trinajstić information content (AvgIpc) is 3.94. The molecule has 306 valence electrons. The number of nitrogens with one attached hydrogen (secondary N) is 3. The first kappa shape index (κ1) is 40.3. The van der Waals surface area contributed by atoms with Gasteiger partial charge in [-0.15, -0.1) is 0 Å². The Morgan fingerprint density at radius 3 is 2.19 bits per heavy atom. The number of nitrogens with zero attached hydrogens (tertiary/aromatic N) is 7. The van der Waals surface area contributed by atoms with Crippen molar-refractivity contribution in [2.24, 2.45) is 5.92 Å². The number of halogens is 2. The van der Waals surface area contributed by atoms with Gasteiger partial charge in [-0.2, -0.15) is 4.98 Å². The molecule has 0 spiro atoms. The number of ether oxygens (including phenoxy) is 2. The lowest BCUT2D eigenvalue weighted by Gasteiger charge is -2.29. The van der Waals surface area contributed by atoms with Gasteiger partial charge in [-0.25, -0.2) is 33.3 Å². The molecule has 0 bridgehead atoms. The van der Waals surface area contributed by atoms with Crippen molar-refractivity contribution < 1.29 is 55.1 Å². The first-order valence-electron chi connectivity index (χ1n) is 17.6. The summed E-state index contributed by atoms with van der Waals surface area (Å²) in [5.41, 5.74) is -0.635. The Morgan fingerprint density at radius 2 is 1.52 bits per heavy atom. The molecular weight excluding hydrogens is 831 g/mol. The minimum absolute atomic E-state index is 0.0293. The Bertz CT molecular complexity index is 2550. The fourth-order valence-corrected chi connectivity index (χ4v) is 9.15. The van der Waals surface area contributed by atoms with E-state index in [9.17, 15) is 23.5 Å². The van der Waals surface area contributed by atoms with Crippen molar-refractivity contribution in [3.05, 3.63) is 65.2 Å². The van der Waals surface area contributed by atoms with Gasteiger partial charge in [0.05, 0.1) is 25.9 Å². The molecule has 1 unspecified atom stereocenters. The van der Waals surface area contributed by atoms with Crippen LogP contribution in [0.25, 0.3) is 22.3 Å². The SMILES string of the molecule is BP1(=O)OC[C@H]2O[C@@H](n3cnc4c(NC(=O)c5ccccc5)ncnc43)[C@H](F)[C@@H]2O[P@@](=O)(S)OC[C@H]2O[C@@H](n3cnc4c(=O)[nH]c(NC(=O)C(C)C)nc43)[C@H](F)[C@@H]2O1. The van der Waals surface area contributed by atoms with Gasteiger partial charge in [-0.3, -0.25) is 47.4 Å². The first-order valence-corrected chi connectivity index (χ1v) is 22.2. The zero-order valence-corrected chi connectivity index (χ0v) is 33.1. The number of imidazole rings is 2. The number of hydrogen-bond acceptors (Lipinski definition) is 16. The van der Waals surface area contributed by atoms with Crippen LogP contribution in [0.4, 0.5) is 20.5 Å². The number of alkyl halides is 2. The lowest BCUT2D eigenvalue weighted by atomic mass is 10.1. The molecular formula is C31H33BF2N10O11P2S. The summed E-state index contributed by atoms with van der Waals surface area (Å²) in [6, 6.07) is 8.33. The van der Waals surface area contributed by atoms with Crippen molar-refractivity contribution in [3.8, 4) is 0 Å². The van der Waals surface area contributed by atoms with E-state index in [0.717, 1.165) is 24.8 Å². The second-order valence-corrected chi connectivity index (χ2v) is 18.6. The first-order chi connectivity index (χ1) is 27.6. The fraction of sp³-hybridized carbons (Fsp3) is 0.419. The predicted octanol–water partition coefficient (Wildman–Crippen LogP) is 2.87. The third kappa shape index (κ3) is 7.85. The number of rotatable bonds is 6. The van der Waals surface area contributed by atoms with Crippen LogP contribution < -0.4 is 16.2 Å². The summed E-state index contributed by atoms with van der Waals surface area (Å²) in [6.45, 7) is -2.69. The van der Waals surface area contributed by atoms with Gasteiger partial charge in [0, 0.05) is 11.5 Å². The van der Waals surface area contributed by atoms with Crippen molar-refractivity contribution in [2.75, 3.05) is 23.8 Å². The molecule has 0 saturated carbocycles. The summed E-state index contributed by atoms with van der Waals surface area (Å²) < 4.78 is 96.9. The standard InChI is InChI=1S/C31H33BF2N10O11P2S/c1-13(2)26(45)41-31-40-25-20(28(47)42-31)38-12-44(25)30-17(33)21-16(53-30)9-51-57(49,58)55-22-15(8-50-56(32,48)54-21)52-29(18(22)34)43-11-37-19-23(35-10-36-24(19)43)39-27(46)14-6-4-3-5-7-14/h3-7,10-13,15-18,21-22,29-30H,8-9,32H2,1-2H3,(H,49,58)(H,35,36,39,46)(H2,40,41,42,45,47)/t15-,16-,17-,18-,21-,22-,29-,30-,56?,57+/m1/s1. The second kappa shape index (κ2) is 15.6. The molecule has 10 atom stereocenters. The third-order valence-corrected chi connectivity index (χ3v) is 12.2. The van der Waals surface area contributed by atoms with E-state index in [1.165, 1.54) is 10.9 Å². The number of carbonyl (C=O) groups excluding carboxylic acids is 2. The molecule has 3 aliphatic rings. The van der Waals surface area contributed by atoms with Crippen molar-refractivity contribution in [2.45, 2.75) is 63.1 Å². The van der Waals surface area contributed by atoms with Gasteiger partial charge in [0.25, 0.3) is 26.5 Å². The molecule has 7 heterocycles. The summed E-state index contributed by atoms with van der Waals surface area (Å²) in [5, 5.41) is 5.12. The molecule has 58 heavy (non-hydrogen) atoms. The Hall–Kier alpha value is -4.45. The van der Waals surface area contributed by atoms with Crippen LogP contribution in [0.2, 0.25) is 0 Å². The zero-order valence-electron chi connectivity index (χ0n) is 30.4. The Labute approximate surface area is 331 Å². The molecule has 5 aromatic rings. The van der Waals surface area contributed by atoms with Crippen LogP contribution in [-0.4, -0.2) is 108 Å². The van der Waals surface area contributed by atoms with E-state index < -0.39 is 100.0 Å². The predicted molar refractivity (Wildman–Crippen MR) is 203 cm³/mol. The van der Waals surface area contributed by atoms with Gasteiger partial charge in [-0.05, 0) is 12.1 Å². The van der Waals surface area contributed by atoms with Crippen LogP contribution in [0.15, 0.2) is 54.1 Å². The van der Waals surface area contributed by atoms with Crippen molar-refractivity contribution in [1.82, 2.24) is 39.0 Å². The maximum atomic E-state index is 16.5.